The summed E-state index contributed by atoms with van der Waals surface area (Å²) in [5, 5.41) is 0.297. The normalized spacial score (nSPS) is 11.3. The number of alkyl halides is 1. The molecule has 0 unspecified atom stereocenters. The van der Waals surface area contributed by atoms with Crippen molar-refractivity contribution in [3.63, 3.8) is 0 Å². The van der Waals surface area contributed by atoms with Crippen LogP contribution in [0.2, 0.25) is 5.02 Å². The quantitative estimate of drug-likeness (QED) is 0.316. The second-order valence-electron chi connectivity index (χ2n) is 4.35. The Balaban J connectivity index is 2.39. The molecule has 21 heavy (non-hydrogen) atoms. The highest BCUT2D eigenvalue weighted by atomic mass is 127. The van der Waals surface area contributed by atoms with Gasteiger partial charge in [0.1, 0.15) is 11.6 Å². The molecule has 0 radical (unpaired) electrons. The van der Waals surface area contributed by atoms with Crippen LogP contribution in [-0.2, 0) is 5.88 Å². The van der Waals surface area contributed by atoms with Crippen LogP contribution in [0.3, 0.4) is 0 Å². The van der Waals surface area contributed by atoms with Crippen LogP contribution < -0.4 is 0 Å². The molecule has 0 N–H and O–H groups in total. The average molecular weight is 500 g/mol. The van der Waals surface area contributed by atoms with Crippen molar-refractivity contribution >= 4 is 72.8 Å². The molecule has 3 aromatic rings. The van der Waals surface area contributed by atoms with E-state index >= 15 is 0 Å². The molecule has 3 rings (SSSR count). The molecule has 0 saturated carbocycles. The monoisotopic (exact) mass is 498 g/mol. The lowest BCUT2D eigenvalue weighted by Crippen LogP contribution is -2.02. The Labute approximate surface area is 152 Å². The van der Waals surface area contributed by atoms with Crippen molar-refractivity contribution in [2.75, 3.05) is 0 Å². The second kappa shape index (κ2) is 6.02. The molecular weight excluding hydrogens is 493 g/mol. The van der Waals surface area contributed by atoms with Crippen LogP contribution in [0, 0.1) is 9.39 Å². The largest absolute Gasteiger partial charge is 0.293 e. The number of hydrogen-bond acceptors (Lipinski definition) is 1. The number of benzene rings is 2. The van der Waals surface area contributed by atoms with Gasteiger partial charge in [-0.15, -0.1) is 11.6 Å². The Hall–Kier alpha value is -0.370. The van der Waals surface area contributed by atoms with Crippen molar-refractivity contribution in [2.45, 2.75) is 5.88 Å². The van der Waals surface area contributed by atoms with Gasteiger partial charge in [-0.1, -0.05) is 11.6 Å². The van der Waals surface area contributed by atoms with Gasteiger partial charge in [-0.05, 0) is 68.9 Å². The van der Waals surface area contributed by atoms with Gasteiger partial charge in [-0.3, -0.25) is 4.57 Å². The van der Waals surface area contributed by atoms with Gasteiger partial charge in [0.15, 0.2) is 0 Å². The van der Waals surface area contributed by atoms with Crippen LogP contribution in [0.5, 0.6) is 0 Å². The van der Waals surface area contributed by atoms with Crippen molar-refractivity contribution in [3.05, 3.63) is 55.0 Å². The molecule has 2 nitrogen and oxygen atoms in total. The molecular formula is C14H7BrCl2FIN2. The second-order valence-corrected chi connectivity index (χ2v) is 7.12. The van der Waals surface area contributed by atoms with Gasteiger partial charge >= 0.3 is 0 Å². The predicted molar refractivity (Wildman–Crippen MR) is 96.0 cm³/mol. The number of imidazole rings is 1. The molecule has 108 valence electrons. The van der Waals surface area contributed by atoms with Gasteiger partial charge in [-0.25, -0.2) is 9.37 Å². The van der Waals surface area contributed by atoms with Gasteiger partial charge in [0.2, 0.25) is 0 Å². The molecule has 0 aliphatic rings. The highest BCUT2D eigenvalue weighted by molar-refractivity contribution is 14.1. The smallest absolute Gasteiger partial charge is 0.129 e. The van der Waals surface area contributed by atoms with Crippen LogP contribution in [0.4, 0.5) is 4.39 Å². The fourth-order valence-electron chi connectivity index (χ4n) is 2.19. The number of rotatable bonds is 2. The third kappa shape index (κ3) is 2.81. The predicted octanol–water partition coefficient (Wildman–Crippen LogP) is 5.92. The maximum absolute atomic E-state index is 13.4. The van der Waals surface area contributed by atoms with Gasteiger partial charge in [0, 0.05) is 8.04 Å². The summed E-state index contributed by atoms with van der Waals surface area (Å²) in [6.45, 7) is 0. The fourth-order valence-corrected chi connectivity index (χ4v) is 3.86. The number of fused-ring (bicyclic) bond motifs is 1. The van der Waals surface area contributed by atoms with Gasteiger partial charge < -0.3 is 0 Å². The highest BCUT2D eigenvalue weighted by Crippen LogP contribution is 2.34. The molecule has 0 fully saturated rings. The first-order valence-electron chi connectivity index (χ1n) is 5.89. The number of aromatic nitrogens is 2. The Kier molecular flexibility index (Phi) is 4.45. The lowest BCUT2D eigenvalue weighted by molar-refractivity contribution is 0.626. The van der Waals surface area contributed by atoms with E-state index in [9.17, 15) is 4.39 Å². The van der Waals surface area contributed by atoms with E-state index in [1.54, 1.807) is 0 Å². The number of halogens is 5. The topological polar surface area (TPSA) is 17.8 Å². The summed E-state index contributed by atoms with van der Waals surface area (Å²) in [7, 11) is 0. The first kappa shape index (κ1) is 15.5. The summed E-state index contributed by atoms with van der Waals surface area (Å²) in [5.74, 6) is 0.482. The fraction of sp³-hybridized carbons (Fsp3) is 0.0714. The first-order valence-corrected chi connectivity index (χ1v) is 8.67. The Bertz CT molecular complexity index is 827. The number of hydrogen-bond donors (Lipinski definition) is 0. The summed E-state index contributed by atoms with van der Waals surface area (Å²) < 4.78 is 16.9. The van der Waals surface area contributed by atoms with E-state index in [0.717, 1.165) is 14.6 Å². The number of nitrogens with zero attached hydrogens (tertiary/aromatic N) is 2. The zero-order chi connectivity index (χ0) is 15.1. The molecule has 1 heterocycles. The van der Waals surface area contributed by atoms with Gasteiger partial charge in [0.25, 0.3) is 0 Å². The lowest BCUT2D eigenvalue weighted by atomic mass is 10.2. The van der Waals surface area contributed by atoms with E-state index in [-0.39, 0.29) is 5.88 Å². The lowest BCUT2D eigenvalue weighted by Gasteiger charge is -2.12. The van der Waals surface area contributed by atoms with Crippen molar-refractivity contribution in [3.8, 4) is 5.69 Å². The van der Waals surface area contributed by atoms with E-state index in [4.69, 9.17) is 23.2 Å². The molecule has 2 aromatic carbocycles. The van der Waals surface area contributed by atoms with Crippen molar-refractivity contribution in [2.24, 2.45) is 0 Å². The Morgan fingerprint density at radius 2 is 2.05 bits per heavy atom. The van der Waals surface area contributed by atoms with Crippen molar-refractivity contribution in [1.29, 1.82) is 0 Å². The zero-order valence-electron chi connectivity index (χ0n) is 10.4. The third-order valence-corrected chi connectivity index (χ3v) is 4.81. The minimum atomic E-state index is -0.401. The summed E-state index contributed by atoms with van der Waals surface area (Å²) in [4.78, 5) is 4.53. The average Bonchev–Trinajstić information content (AvgIpc) is 2.75. The van der Waals surface area contributed by atoms with Gasteiger partial charge in [-0.2, -0.15) is 0 Å². The van der Waals surface area contributed by atoms with E-state index in [0.29, 0.717) is 21.0 Å². The minimum Gasteiger partial charge on any atom is -0.293 e. The molecule has 0 atom stereocenters. The SMILES string of the molecule is Fc1cc(Cl)c(-n2c(CCl)nc3cc(I)ccc32)c(Br)c1. The molecule has 0 saturated heterocycles. The maximum Gasteiger partial charge on any atom is 0.129 e. The van der Waals surface area contributed by atoms with E-state index in [1.807, 2.05) is 22.8 Å². The molecule has 7 heteroatoms. The zero-order valence-corrected chi connectivity index (χ0v) is 15.6. The van der Waals surface area contributed by atoms with Crippen LogP contribution in [-0.4, -0.2) is 9.55 Å². The highest BCUT2D eigenvalue weighted by Gasteiger charge is 2.17. The summed E-state index contributed by atoms with van der Waals surface area (Å²) in [5.41, 5.74) is 2.34. The third-order valence-electron chi connectivity index (χ3n) is 3.01. The standard InChI is InChI=1S/C14H7BrCl2FIN2/c15-9-3-7(18)4-10(17)14(9)21-12-2-1-8(19)5-11(12)20-13(21)6-16/h1-5H,6H2. The van der Waals surface area contributed by atoms with Gasteiger partial charge in [0.05, 0.1) is 27.6 Å². The molecule has 0 aliphatic heterocycles. The molecule has 0 spiro atoms. The van der Waals surface area contributed by atoms with Crippen LogP contribution in [0.15, 0.2) is 34.8 Å². The molecule has 1 aromatic heterocycles. The van der Waals surface area contributed by atoms with Crippen LogP contribution >= 0.6 is 61.7 Å². The first-order chi connectivity index (χ1) is 10.0. The molecule has 0 amide bonds. The molecule has 0 aliphatic carbocycles. The van der Waals surface area contributed by atoms with Crippen molar-refractivity contribution < 1.29 is 4.39 Å². The van der Waals surface area contributed by atoms with E-state index in [1.165, 1.54) is 12.1 Å². The summed E-state index contributed by atoms with van der Waals surface area (Å²) in [6, 6.07) is 8.54. The Morgan fingerprint density at radius 3 is 2.71 bits per heavy atom. The maximum atomic E-state index is 13.4. The molecule has 0 bridgehead atoms. The van der Waals surface area contributed by atoms with Crippen molar-refractivity contribution in [1.82, 2.24) is 9.55 Å². The summed E-state index contributed by atoms with van der Waals surface area (Å²) >= 11 is 17.8. The van der Waals surface area contributed by atoms with Crippen LogP contribution in [0.25, 0.3) is 16.7 Å². The minimum absolute atomic E-state index is 0.228. The van der Waals surface area contributed by atoms with Crippen LogP contribution in [0.1, 0.15) is 5.82 Å². The van der Waals surface area contributed by atoms with E-state index in [2.05, 4.69) is 43.5 Å². The van der Waals surface area contributed by atoms with E-state index < -0.39 is 5.82 Å². The summed E-state index contributed by atoms with van der Waals surface area (Å²) in [6.07, 6.45) is 0. The Morgan fingerprint density at radius 1 is 1.29 bits per heavy atom.